The Morgan fingerprint density at radius 1 is 0.967 bits per heavy atom. The van der Waals surface area contributed by atoms with Gasteiger partial charge in [-0.3, -0.25) is 4.98 Å². The van der Waals surface area contributed by atoms with E-state index in [1.54, 1.807) is 0 Å². The fourth-order valence-electron chi connectivity index (χ4n) is 4.03. The lowest BCUT2D eigenvalue weighted by Gasteiger charge is -2.30. The van der Waals surface area contributed by atoms with E-state index in [0.717, 1.165) is 18.5 Å². The van der Waals surface area contributed by atoms with Crippen LogP contribution < -0.4 is 0 Å². The van der Waals surface area contributed by atoms with Crippen molar-refractivity contribution < 1.29 is 0 Å². The van der Waals surface area contributed by atoms with Gasteiger partial charge in [0.15, 0.2) is 0 Å². The molecule has 0 N–H and O–H groups in total. The van der Waals surface area contributed by atoms with Gasteiger partial charge in [-0.25, -0.2) is 0 Å². The second kappa shape index (κ2) is 10.9. The molecular weight excluding hydrogens is 362 g/mol. The molecule has 0 radical (unpaired) electrons. The molecule has 2 aromatic carbocycles. The van der Waals surface area contributed by atoms with E-state index in [9.17, 15) is 0 Å². The number of nitrogens with zero attached hydrogens (tertiary/aromatic N) is 1. The zero-order chi connectivity index (χ0) is 21.3. The number of benzene rings is 2. The summed E-state index contributed by atoms with van der Waals surface area (Å²) < 4.78 is 0. The lowest BCUT2D eigenvalue weighted by molar-refractivity contribution is 0.520. The molecule has 1 heteroatoms. The van der Waals surface area contributed by atoms with Crippen LogP contribution in [0.3, 0.4) is 0 Å². The molecule has 0 saturated carbocycles. The highest BCUT2D eigenvalue weighted by molar-refractivity contribution is 5.97. The molecule has 156 valence electrons. The Labute approximate surface area is 182 Å². The molecule has 1 heterocycles. The summed E-state index contributed by atoms with van der Waals surface area (Å²) in [6.07, 6.45) is 13.8. The third kappa shape index (κ3) is 5.08. The summed E-state index contributed by atoms with van der Waals surface area (Å²) in [5, 5.41) is 2.50. The molecule has 0 bridgehead atoms. The van der Waals surface area contributed by atoms with E-state index in [1.807, 2.05) is 6.20 Å². The van der Waals surface area contributed by atoms with E-state index < -0.39 is 0 Å². The minimum atomic E-state index is 0.450. The summed E-state index contributed by atoms with van der Waals surface area (Å²) in [6, 6.07) is 19.5. The van der Waals surface area contributed by atoms with E-state index in [4.69, 9.17) is 4.98 Å². The van der Waals surface area contributed by atoms with Gasteiger partial charge >= 0.3 is 0 Å². The molecule has 3 aromatic rings. The van der Waals surface area contributed by atoms with Gasteiger partial charge in [0, 0.05) is 11.6 Å². The number of hydrogen-bond acceptors (Lipinski definition) is 1. The molecule has 1 aromatic heterocycles. The molecule has 0 amide bonds. The average Bonchev–Trinajstić information content (AvgIpc) is 2.81. The van der Waals surface area contributed by atoms with Crippen molar-refractivity contribution in [3.8, 4) is 0 Å². The SMILES string of the molecule is CCC=CC(C)C1Cc2ccccc2C=C1c1nccc2ccccc12.CCCC. The van der Waals surface area contributed by atoms with E-state index >= 15 is 0 Å². The van der Waals surface area contributed by atoms with E-state index in [-0.39, 0.29) is 0 Å². The molecule has 4 rings (SSSR count). The fraction of sp³-hybridized carbons (Fsp3) is 0.345. The smallest absolute Gasteiger partial charge is 0.0743 e. The lowest BCUT2D eigenvalue weighted by atomic mass is 9.75. The predicted octanol–water partition coefficient (Wildman–Crippen LogP) is 8.36. The number of unbranched alkanes of at least 4 members (excludes halogenated alkanes) is 1. The summed E-state index contributed by atoms with van der Waals surface area (Å²) in [5.41, 5.74) is 5.28. The third-order valence-electron chi connectivity index (χ3n) is 5.96. The zero-order valence-corrected chi connectivity index (χ0v) is 18.9. The highest BCUT2D eigenvalue weighted by Gasteiger charge is 2.27. The van der Waals surface area contributed by atoms with Crippen molar-refractivity contribution in [3.63, 3.8) is 0 Å². The van der Waals surface area contributed by atoms with Crippen molar-refractivity contribution >= 4 is 22.4 Å². The van der Waals surface area contributed by atoms with Crippen LogP contribution >= 0.6 is 0 Å². The fourth-order valence-corrected chi connectivity index (χ4v) is 4.03. The van der Waals surface area contributed by atoms with Crippen LogP contribution in [0.25, 0.3) is 22.4 Å². The van der Waals surface area contributed by atoms with Gasteiger partial charge in [-0.2, -0.15) is 0 Å². The summed E-state index contributed by atoms with van der Waals surface area (Å²) in [5.74, 6) is 0.932. The lowest BCUT2D eigenvalue weighted by Crippen LogP contribution is -2.19. The Hall–Kier alpha value is -2.67. The van der Waals surface area contributed by atoms with Crippen molar-refractivity contribution in [2.75, 3.05) is 0 Å². The van der Waals surface area contributed by atoms with Gasteiger partial charge in [0.1, 0.15) is 0 Å². The molecule has 2 unspecified atom stereocenters. The number of pyridine rings is 1. The summed E-state index contributed by atoms with van der Waals surface area (Å²) in [7, 11) is 0. The Balaban J connectivity index is 0.000000589. The van der Waals surface area contributed by atoms with Crippen molar-refractivity contribution in [2.24, 2.45) is 11.8 Å². The molecule has 1 nitrogen and oxygen atoms in total. The Morgan fingerprint density at radius 2 is 1.70 bits per heavy atom. The zero-order valence-electron chi connectivity index (χ0n) is 18.9. The predicted molar refractivity (Wildman–Crippen MR) is 132 cm³/mol. The van der Waals surface area contributed by atoms with Gasteiger partial charge < -0.3 is 0 Å². The highest BCUT2D eigenvalue weighted by Crippen LogP contribution is 2.40. The number of hydrogen-bond donors (Lipinski definition) is 0. The van der Waals surface area contributed by atoms with Crippen molar-refractivity contribution in [3.05, 3.63) is 89.8 Å². The van der Waals surface area contributed by atoms with E-state index in [0.29, 0.717) is 11.8 Å². The van der Waals surface area contributed by atoms with Crippen molar-refractivity contribution in [1.82, 2.24) is 4.98 Å². The maximum Gasteiger partial charge on any atom is 0.0743 e. The van der Waals surface area contributed by atoms with Gasteiger partial charge in [-0.15, -0.1) is 0 Å². The normalized spacial score (nSPS) is 16.5. The second-order valence-corrected chi connectivity index (χ2v) is 8.19. The van der Waals surface area contributed by atoms with Gasteiger partial charge in [-0.1, -0.05) is 101 Å². The van der Waals surface area contributed by atoms with Crippen LogP contribution in [-0.2, 0) is 6.42 Å². The molecule has 2 atom stereocenters. The maximum atomic E-state index is 4.82. The minimum Gasteiger partial charge on any atom is -0.256 e. The number of allylic oxidation sites excluding steroid dienone is 3. The highest BCUT2D eigenvalue weighted by atomic mass is 14.7. The average molecular weight is 398 g/mol. The molecule has 0 aliphatic heterocycles. The van der Waals surface area contributed by atoms with Crippen LogP contribution in [0.2, 0.25) is 0 Å². The summed E-state index contributed by atoms with van der Waals surface area (Å²) in [6.45, 7) is 8.89. The molecule has 0 fully saturated rings. The van der Waals surface area contributed by atoms with Crippen LogP contribution in [0.5, 0.6) is 0 Å². The second-order valence-electron chi connectivity index (χ2n) is 8.19. The Kier molecular flexibility index (Phi) is 8.02. The standard InChI is InChI=1S/C25H25N.C4H10/c1-3-4-9-18(2)23-16-20-11-5-6-12-21(20)17-24(23)25-22-13-8-7-10-19(22)14-15-26-25;1-3-4-2/h4-15,17-18,23H,3,16H2,1-2H3;3-4H2,1-2H3. The van der Waals surface area contributed by atoms with Crippen LogP contribution in [0.1, 0.15) is 63.8 Å². The van der Waals surface area contributed by atoms with Crippen LogP contribution in [0, 0.1) is 11.8 Å². The maximum absolute atomic E-state index is 4.82. The molecule has 30 heavy (non-hydrogen) atoms. The number of fused-ring (bicyclic) bond motifs is 2. The van der Waals surface area contributed by atoms with Crippen LogP contribution in [-0.4, -0.2) is 4.98 Å². The Bertz CT molecular complexity index is 1000. The molecule has 0 saturated heterocycles. The summed E-state index contributed by atoms with van der Waals surface area (Å²) >= 11 is 0. The van der Waals surface area contributed by atoms with E-state index in [2.05, 4.69) is 101 Å². The van der Waals surface area contributed by atoms with Gasteiger partial charge in [-0.05, 0) is 58.9 Å². The first-order chi connectivity index (χ1) is 14.7. The number of rotatable bonds is 5. The van der Waals surface area contributed by atoms with E-state index in [1.165, 1.54) is 40.3 Å². The minimum absolute atomic E-state index is 0.450. The topological polar surface area (TPSA) is 12.9 Å². The molecule has 1 aliphatic rings. The third-order valence-corrected chi connectivity index (χ3v) is 5.96. The molecule has 1 aliphatic carbocycles. The Morgan fingerprint density at radius 3 is 2.47 bits per heavy atom. The quantitative estimate of drug-likeness (QED) is 0.394. The van der Waals surface area contributed by atoms with Gasteiger partial charge in [0.05, 0.1) is 5.69 Å². The van der Waals surface area contributed by atoms with Gasteiger partial charge in [0.2, 0.25) is 0 Å². The first-order valence-corrected chi connectivity index (χ1v) is 11.5. The van der Waals surface area contributed by atoms with Crippen LogP contribution in [0.15, 0.2) is 72.9 Å². The van der Waals surface area contributed by atoms with Gasteiger partial charge in [0.25, 0.3) is 0 Å². The molecule has 0 spiro atoms. The largest absolute Gasteiger partial charge is 0.256 e. The first-order valence-electron chi connectivity index (χ1n) is 11.5. The first kappa shape index (κ1) is 22.0. The summed E-state index contributed by atoms with van der Waals surface area (Å²) in [4.78, 5) is 4.82. The monoisotopic (exact) mass is 397 g/mol. The molecular formula is C29H35N. The van der Waals surface area contributed by atoms with Crippen LogP contribution in [0.4, 0.5) is 0 Å². The number of aromatic nitrogens is 1. The van der Waals surface area contributed by atoms with Crippen molar-refractivity contribution in [2.45, 2.75) is 53.4 Å². The van der Waals surface area contributed by atoms with Crippen molar-refractivity contribution in [1.29, 1.82) is 0 Å².